The summed E-state index contributed by atoms with van der Waals surface area (Å²) in [6, 6.07) is 2.48. The number of thioether (sulfide) groups is 1. The van der Waals surface area contributed by atoms with Crippen LogP contribution in [0.1, 0.15) is 32.6 Å². The van der Waals surface area contributed by atoms with E-state index in [1.165, 1.54) is 5.75 Å². The first-order chi connectivity index (χ1) is 5.77. The molecule has 0 aliphatic carbocycles. The van der Waals surface area contributed by atoms with Crippen LogP contribution >= 0.6 is 11.8 Å². The molecule has 3 heteroatoms. The van der Waals surface area contributed by atoms with E-state index < -0.39 is 0 Å². The highest BCUT2D eigenvalue weighted by molar-refractivity contribution is 7.99. The van der Waals surface area contributed by atoms with Crippen molar-refractivity contribution in [3.8, 4) is 6.07 Å². The van der Waals surface area contributed by atoms with E-state index in [9.17, 15) is 0 Å². The van der Waals surface area contributed by atoms with Crippen molar-refractivity contribution in [1.82, 2.24) is 0 Å². The van der Waals surface area contributed by atoms with Crippen LogP contribution in [0.15, 0.2) is 0 Å². The third kappa shape index (κ3) is 9.80. The maximum atomic E-state index is 8.27. The Morgan fingerprint density at radius 2 is 2.17 bits per heavy atom. The van der Waals surface area contributed by atoms with Crippen LogP contribution in [-0.2, 0) is 0 Å². The number of hydrogen-bond donors (Lipinski definition) is 1. The second-order valence-corrected chi connectivity index (χ2v) is 4.22. The van der Waals surface area contributed by atoms with Crippen molar-refractivity contribution in [3.63, 3.8) is 0 Å². The topological polar surface area (TPSA) is 49.8 Å². The van der Waals surface area contributed by atoms with Crippen molar-refractivity contribution in [2.24, 2.45) is 5.73 Å². The lowest BCUT2D eigenvalue weighted by atomic mass is 10.3. The molecular formula is C9H18N2S. The van der Waals surface area contributed by atoms with Crippen molar-refractivity contribution in [3.05, 3.63) is 0 Å². The number of nitriles is 1. The molecule has 1 unspecified atom stereocenters. The minimum absolute atomic E-state index is 0.330. The minimum atomic E-state index is 0.330. The molecule has 0 rings (SSSR count). The summed E-state index contributed by atoms with van der Waals surface area (Å²) >= 11 is 1.94. The lowest BCUT2D eigenvalue weighted by Gasteiger charge is -2.03. The van der Waals surface area contributed by atoms with Crippen LogP contribution in [0.2, 0.25) is 0 Å². The van der Waals surface area contributed by atoms with E-state index in [2.05, 4.69) is 6.07 Å². The van der Waals surface area contributed by atoms with Crippen molar-refractivity contribution >= 4 is 11.8 Å². The minimum Gasteiger partial charge on any atom is -0.328 e. The molecule has 0 fully saturated rings. The first-order valence-corrected chi connectivity index (χ1v) is 5.63. The molecule has 0 bridgehead atoms. The maximum absolute atomic E-state index is 8.27. The number of nitrogens with zero attached hydrogens (tertiary/aromatic N) is 1. The van der Waals surface area contributed by atoms with E-state index in [-0.39, 0.29) is 0 Å². The zero-order valence-electron chi connectivity index (χ0n) is 7.75. The maximum Gasteiger partial charge on any atom is 0.0621 e. The predicted molar refractivity (Wildman–Crippen MR) is 55.1 cm³/mol. The summed E-state index contributed by atoms with van der Waals surface area (Å²) in [6.45, 7) is 2.04. The molecule has 0 aliphatic heterocycles. The first kappa shape index (κ1) is 11.8. The van der Waals surface area contributed by atoms with Gasteiger partial charge in [0.15, 0.2) is 0 Å². The third-order valence-electron chi connectivity index (χ3n) is 1.54. The summed E-state index contributed by atoms with van der Waals surface area (Å²) in [7, 11) is 0. The van der Waals surface area contributed by atoms with E-state index >= 15 is 0 Å². The van der Waals surface area contributed by atoms with Crippen molar-refractivity contribution in [1.29, 1.82) is 5.26 Å². The lowest BCUT2D eigenvalue weighted by molar-refractivity contribution is 0.720. The van der Waals surface area contributed by atoms with Gasteiger partial charge in [0.2, 0.25) is 0 Å². The van der Waals surface area contributed by atoms with Gasteiger partial charge in [0.05, 0.1) is 6.07 Å². The zero-order chi connectivity index (χ0) is 9.23. The van der Waals surface area contributed by atoms with E-state index in [0.29, 0.717) is 12.5 Å². The normalized spacial score (nSPS) is 12.4. The Labute approximate surface area is 79.5 Å². The molecule has 70 valence electrons. The van der Waals surface area contributed by atoms with Gasteiger partial charge in [-0.1, -0.05) is 0 Å². The van der Waals surface area contributed by atoms with Gasteiger partial charge in [-0.15, -0.1) is 0 Å². The molecular weight excluding hydrogens is 168 g/mol. The Morgan fingerprint density at radius 3 is 2.75 bits per heavy atom. The number of rotatable bonds is 7. The molecule has 0 saturated heterocycles. The van der Waals surface area contributed by atoms with Crippen LogP contribution in [0, 0.1) is 11.3 Å². The predicted octanol–water partition coefficient (Wildman–Crippen LogP) is 2.15. The van der Waals surface area contributed by atoms with Gasteiger partial charge in [0, 0.05) is 12.5 Å². The van der Waals surface area contributed by atoms with Gasteiger partial charge in [0.1, 0.15) is 0 Å². The first-order valence-electron chi connectivity index (χ1n) is 4.47. The summed E-state index contributed by atoms with van der Waals surface area (Å²) in [5, 5.41) is 8.27. The second kappa shape index (κ2) is 8.89. The summed E-state index contributed by atoms with van der Waals surface area (Å²) in [4.78, 5) is 0. The molecule has 0 radical (unpaired) electrons. The van der Waals surface area contributed by atoms with E-state index in [1.807, 2.05) is 18.7 Å². The summed E-state index contributed by atoms with van der Waals surface area (Å²) < 4.78 is 0. The quantitative estimate of drug-likeness (QED) is 0.620. The molecule has 0 amide bonds. The van der Waals surface area contributed by atoms with Gasteiger partial charge in [-0.2, -0.15) is 17.0 Å². The molecule has 0 spiro atoms. The van der Waals surface area contributed by atoms with Gasteiger partial charge in [-0.05, 0) is 37.7 Å². The van der Waals surface area contributed by atoms with Gasteiger partial charge < -0.3 is 5.73 Å². The molecule has 0 saturated carbocycles. The summed E-state index contributed by atoms with van der Waals surface area (Å²) in [5.74, 6) is 2.33. The highest BCUT2D eigenvalue weighted by Crippen LogP contribution is 2.07. The summed E-state index contributed by atoms with van der Waals surface area (Å²) in [5.41, 5.74) is 5.60. The zero-order valence-corrected chi connectivity index (χ0v) is 8.57. The van der Waals surface area contributed by atoms with Gasteiger partial charge in [-0.3, -0.25) is 0 Å². The molecule has 12 heavy (non-hydrogen) atoms. The Morgan fingerprint density at radius 1 is 1.42 bits per heavy atom. The molecule has 2 nitrogen and oxygen atoms in total. The largest absolute Gasteiger partial charge is 0.328 e. The Hall–Kier alpha value is -0.200. The van der Waals surface area contributed by atoms with Crippen LogP contribution in [-0.4, -0.2) is 17.5 Å². The smallest absolute Gasteiger partial charge is 0.0621 e. The van der Waals surface area contributed by atoms with E-state index in [4.69, 9.17) is 11.0 Å². The van der Waals surface area contributed by atoms with Crippen LogP contribution in [0.25, 0.3) is 0 Å². The number of nitrogens with two attached hydrogens (primary N) is 1. The average Bonchev–Trinajstić information content (AvgIpc) is 2.02. The Balaban J connectivity index is 2.87. The fraction of sp³-hybridized carbons (Fsp3) is 0.889. The van der Waals surface area contributed by atoms with E-state index in [0.717, 1.165) is 25.0 Å². The van der Waals surface area contributed by atoms with Crippen molar-refractivity contribution in [2.75, 3.05) is 11.5 Å². The molecule has 1 atom stereocenters. The average molecular weight is 186 g/mol. The molecule has 0 heterocycles. The lowest BCUT2D eigenvalue weighted by Crippen LogP contribution is -2.15. The fourth-order valence-corrected chi connectivity index (χ4v) is 1.93. The molecule has 0 aromatic rings. The summed E-state index contributed by atoms with van der Waals surface area (Å²) in [6.07, 6.45) is 4.01. The van der Waals surface area contributed by atoms with Gasteiger partial charge >= 0.3 is 0 Å². The highest BCUT2D eigenvalue weighted by atomic mass is 32.2. The van der Waals surface area contributed by atoms with E-state index in [1.54, 1.807) is 0 Å². The molecule has 2 N–H and O–H groups in total. The number of hydrogen-bond acceptors (Lipinski definition) is 3. The van der Waals surface area contributed by atoms with Gasteiger partial charge in [0.25, 0.3) is 0 Å². The Bertz CT molecular complexity index is 129. The number of unbranched alkanes of at least 4 members (excludes halogenated alkanes) is 2. The highest BCUT2D eigenvalue weighted by Gasteiger charge is 1.94. The monoisotopic (exact) mass is 186 g/mol. The van der Waals surface area contributed by atoms with Crippen LogP contribution in [0.4, 0.5) is 0 Å². The van der Waals surface area contributed by atoms with Gasteiger partial charge in [-0.25, -0.2) is 0 Å². The van der Waals surface area contributed by atoms with Crippen LogP contribution in [0.3, 0.4) is 0 Å². The second-order valence-electron chi connectivity index (χ2n) is 2.99. The van der Waals surface area contributed by atoms with Crippen molar-refractivity contribution in [2.45, 2.75) is 38.6 Å². The fourth-order valence-electron chi connectivity index (χ4n) is 0.779. The van der Waals surface area contributed by atoms with Crippen LogP contribution < -0.4 is 5.73 Å². The third-order valence-corrected chi connectivity index (χ3v) is 2.65. The molecule has 0 aliphatic rings. The van der Waals surface area contributed by atoms with Crippen LogP contribution in [0.5, 0.6) is 0 Å². The Kier molecular flexibility index (Phi) is 8.74. The SMILES string of the molecule is CC(N)CCSCCCCC#N. The van der Waals surface area contributed by atoms with Crippen molar-refractivity contribution < 1.29 is 0 Å². The molecule has 0 aromatic heterocycles. The standard InChI is InChI=1S/C9H18N2S/c1-9(11)5-8-12-7-4-2-3-6-10/h9H,2-5,7-8,11H2,1H3. The molecule has 0 aromatic carbocycles.